The number of hydrogen-bond acceptors (Lipinski definition) is 4. The molecule has 4 rings (SSSR count). The Hall–Kier alpha value is -3.39. The van der Waals surface area contributed by atoms with Crippen molar-refractivity contribution < 1.29 is 13.9 Å². The van der Waals surface area contributed by atoms with Gasteiger partial charge in [-0.1, -0.05) is 12.1 Å². The zero-order valence-corrected chi connectivity index (χ0v) is 14.0. The van der Waals surface area contributed by atoms with Crippen LogP contribution in [-0.2, 0) is 6.54 Å². The molecule has 2 aromatic carbocycles. The summed E-state index contributed by atoms with van der Waals surface area (Å²) in [6.45, 7) is -0.0326. The third kappa shape index (κ3) is 3.22. The van der Waals surface area contributed by atoms with E-state index in [1.54, 1.807) is 0 Å². The number of hydrogen-bond donors (Lipinski definition) is 1. The molecular formula is C19H14F2N4O2. The number of aliphatic hydroxyl groups is 1. The van der Waals surface area contributed by atoms with Gasteiger partial charge in [0.25, 0.3) is 5.56 Å². The Bertz CT molecular complexity index is 1150. The molecule has 0 amide bonds. The van der Waals surface area contributed by atoms with Crippen molar-refractivity contribution in [3.63, 3.8) is 0 Å². The molecule has 0 saturated carbocycles. The van der Waals surface area contributed by atoms with E-state index >= 15 is 0 Å². The van der Waals surface area contributed by atoms with Crippen molar-refractivity contribution in [1.82, 2.24) is 19.3 Å². The van der Waals surface area contributed by atoms with Crippen molar-refractivity contribution in [1.29, 1.82) is 0 Å². The summed E-state index contributed by atoms with van der Waals surface area (Å²) in [5.41, 5.74) is 1.03. The molecule has 0 radical (unpaired) electrons. The van der Waals surface area contributed by atoms with Gasteiger partial charge in [0.2, 0.25) is 0 Å². The highest BCUT2D eigenvalue weighted by molar-refractivity contribution is 5.74. The smallest absolute Gasteiger partial charge is 0.264 e. The first-order valence-electron chi connectivity index (χ1n) is 8.15. The summed E-state index contributed by atoms with van der Waals surface area (Å²) < 4.78 is 28.8. The molecule has 0 bridgehead atoms. The highest BCUT2D eigenvalue weighted by atomic mass is 19.1. The zero-order valence-electron chi connectivity index (χ0n) is 14.0. The summed E-state index contributed by atoms with van der Waals surface area (Å²) in [5.74, 6) is -0.778. The van der Waals surface area contributed by atoms with Crippen LogP contribution in [0.1, 0.15) is 11.7 Å². The molecule has 0 aliphatic rings. The first-order valence-corrected chi connectivity index (χ1v) is 8.15. The van der Waals surface area contributed by atoms with Gasteiger partial charge in [0.15, 0.2) is 5.65 Å². The van der Waals surface area contributed by atoms with Gasteiger partial charge in [0.1, 0.15) is 23.3 Å². The molecule has 4 aromatic rings. The summed E-state index contributed by atoms with van der Waals surface area (Å²) >= 11 is 0. The number of nitrogens with zero attached hydrogens (tertiary/aromatic N) is 4. The number of aromatic nitrogens is 4. The lowest BCUT2D eigenvalue weighted by Gasteiger charge is -2.13. The van der Waals surface area contributed by atoms with Gasteiger partial charge in [-0.05, 0) is 42.0 Å². The minimum absolute atomic E-state index is 0.0326. The molecule has 0 saturated heterocycles. The van der Waals surface area contributed by atoms with Gasteiger partial charge in [-0.2, -0.15) is 5.10 Å². The van der Waals surface area contributed by atoms with Crippen molar-refractivity contribution in [2.75, 3.05) is 0 Å². The van der Waals surface area contributed by atoms with Crippen molar-refractivity contribution in [3.8, 4) is 5.69 Å². The predicted octanol–water partition coefficient (Wildman–Crippen LogP) is 2.59. The molecule has 27 heavy (non-hydrogen) atoms. The van der Waals surface area contributed by atoms with Crippen LogP contribution in [-0.4, -0.2) is 24.4 Å². The van der Waals surface area contributed by atoms with E-state index in [-0.39, 0.29) is 23.3 Å². The zero-order chi connectivity index (χ0) is 19.0. The van der Waals surface area contributed by atoms with Crippen molar-refractivity contribution in [2.24, 2.45) is 0 Å². The van der Waals surface area contributed by atoms with Crippen LogP contribution >= 0.6 is 0 Å². The maximum Gasteiger partial charge on any atom is 0.264 e. The lowest BCUT2D eigenvalue weighted by molar-refractivity contribution is 0.155. The SMILES string of the molecule is O=c1c2cnn(-c3ccc(F)cc3)c2ncn1CC(O)c1ccc(F)cc1. The van der Waals surface area contributed by atoms with Crippen molar-refractivity contribution in [2.45, 2.75) is 12.6 Å². The molecule has 0 fully saturated rings. The Balaban J connectivity index is 1.68. The first-order chi connectivity index (χ1) is 13.0. The average molecular weight is 368 g/mol. The van der Waals surface area contributed by atoms with Crippen LogP contribution in [0.3, 0.4) is 0 Å². The molecule has 1 N–H and O–H groups in total. The van der Waals surface area contributed by atoms with Gasteiger partial charge in [-0.15, -0.1) is 0 Å². The van der Waals surface area contributed by atoms with Crippen LogP contribution < -0.4 is 5.56 Å². The third-order valence-corrected chi connectivity index (χ3v) is 4.25. The van der Waals surface area contributed by atoms with Gasteiger partial charge in [0, 0.05) is 0 Å². The molecule has 6 nitrogen and oxygen atoms in total. The molecule has 0 aliphatic carbocycles. The van der Waals surface area contributed by atoms with E-state index in [1.165, 1.54) is 70.3 Å². The van der Waals surface area contributed by atoms with Crippen LogP contribution in [0.4, 0.5) is 8.78 Å². The fourth-order valence-electron chi connectivity index (χ4n) is 2.83. The molecule has 2 heterocycles. The maximum atomic E-state index is 13.1. The molecule has 136 valence electrons. The van der Waals surface area contributed by atoms with Gasteiger partial charge in [-0.3, -0.25) is 9.36 Å². The van der Waals surface area contributed by atoms with Crippen LogP contribution in [0, 0.1) is 11.6 Å². The number of benzene rings is 2. The highest BCUT2D eigenvalue weighted by Crippen LogP contribution is 2.17. The lowest BCUT2D eigenvalue weighted by atomic mass is 10.1. The molecular weight excluding hydrogens is 354 g/mol. The average Bonchev–Trinajstić information content (AvgIpc) is 3.10. The lowest BCUT2D eigenvalue weighted by Crippen LogP contribution is -2.23. The van der Waals surface area contributed by atoms with Gasteiger partial charge in [0.05, 0.1) is 24.5 Å². The molecule has 8 heteroatoms. The second-order valence-corrected chi connectivity index (χ2v) is 6.04. The second-order valence-electron chi connectivity index (χ2n) is 6.04. The normalized spacial score (nSPS) is 12.4. The van der Waals surface area contributed by atoms with E-state index in [4.69, 9.17) is 0 Å². The van der Waals surface area contributed by atoms with E-state index in [9.17, 15) is 18.7 Å². The number of aliphatic hydroxyl groups excluding tert-OH is 1. The van der Waals surface area contributed by atoms with Gasteiger partial charge in [-0.25, -0.2) is 18.4 Å². The Labute approximate surface area is 152 Å². The molecule has 1 unspecified atom stereocenters. The summed E-state index contributed by atoms with van der Waals surface area (Å²) in [5, 5.41) is 14.7. The Morgan fingerprint density at radius 2 is 1.63 bits per heavy atom. The van der Waals surface area contributed by atoms with Crippen LogP contribution in [0.2, 0.25) is 0 Å². The minimum Gasteiger partial charge on any atom is -0.387 e. The maximum absolute atomic E-state index is 13.1. The molecule has 0 aliphatic heterocycles. The van der Waals surface area contributed by atoms with E-state index in [1.807, 2.05) is 0 Å². The molecule has 0 spiro atoms. The number of rotatable bonds is 4. The standard InChI is InChI=1S/C19H14F2N4O2/c20-13-3-1-12(2-4-13)17(26)10-24-11-22-18-16(19(24)27)9-23-25(18)15-7-5-14(21)6-8-15/h1-9,11,17,26H,10H2. The second kappa shape index (κ2) is 6.73. The Kier molecular flexibility index (Phi) is 4.25. The molecule has 2 aromatic heterocycles. The van der Waals surface area contributed by atoms with E-state index < -0.39 is 11.9 Å². The van der Waals surface area contributed by atoms with Gasteiger partial charge < -0.3 is 5.11 Å². The Morgan fingerprint density at radius 1 is 1.00 bits per heavy atom. The van der Waals surface area contributed by atoms with Crippen LogP contribution in [0.5, 0.6) is 0 Å². The largest absolute Gasteiger partial charge is 0.387 e. The van der Waals surface area contributed by atoms with Crippen LogP contribution in [0.25, 0.3) is 16.7 Å². The summed E-state index contributed by atoms with van der Waals surface area (Å²) in [6, 6.07) is 11.1. The molecule has 1 atom stereocenters. The van der Waals surface area contributed by atoms with Gasteiger partial charge >= 0.3 is 0 Å². The Morgan fingerprint density at radius 3 is 2.30 bits per heavy atom. The predicted molar refractivity (Wildman–Crippen MR) is 94.4 cm³/mol. The minimum atomic E-state index is -0.991. The fraction of sp³-hybridized carbons (Fsp3) is 0.105. The van der Waals surface area contributed by atoms with E-state index in [0.717, 1.165) is 0 Å². The van der Waals surface area contributed by atoms with E-state index in [2.05, 4.69) is 10.1 Å². The fourth-order valence-corrected chi connectivity index (χ4v) is 2.83. The summed E-state index contributed by atoms with van der Waals surface area (Å²) in [4.78, 5) is 16.9. The first kappa shape index (κ1) is 17.0. The van der Waals surface area contributed by atoms with E-state index in [0.29, 0.717) is 16.9 Å². The number of halogens is 2. The third-order valence-electron chi connectivity index (χ3n) is 4.25. The summed E-state index contributed by atoms with van der Waals surface area (Å²) in [7, 11) is 0. The highest BCUT2D eigenvalue weighted by Gasteiger charge is 2.14. The topological polar surface area (TPSA) is 72.9 Å². The van der Waals surface area contributed by atoms with Crippen molar-refractivity contribution in [3.05, 3.63) is 88.6 Å². The quantitative estimate of drug-likeness (QED) is 0.601. The summed E-state index contributed by atoms with van der Waals surface area (Å²) in [6.07, 6.45) is 1.71. The van der Waals surface area contributed by atoms with Crippen LogP contribution in [0.15, 0.2) is 65.8 Å². The van der Waals surface area contributed by atoms with Crippen molar-refractivity contribution >= 4 is 11.0 Å². The number of fused-ring (bicyclic) bond motifs is 1. The monoisotopic (exact) mass is 368 g/mol.